The van der Waals surface area contributed by atoms with E-state index in [9.17, 15) is 13.2 Å². The fraction of sp³-hybridized carbons (Fsp3) is 0.350. The summed E-state index contributed by atoms with van der Waals surface area (Å²) in [6.45, 7) is 0. The predicted molar refractivity (Wildman–Crippen MR) is 109 cm³/mol. The molecular formula is C20H25ClN2O3S. The van der Waals surface area contributed by atoms with Crippen LogP contribution < -0.4 is 11.1 Å². The topological polar surface area (TPSA) is 89.3 Å². The van der Waals surface area contributed by atoms with Gasteiger partial charge in [-0.1, -0.05) is 30.3 Å². The van der Waals surface area contributed by atoms with Gasteiger partial charge in [0.25, 0.3) is 5.91 Å². The Bertz CT molecular complexity index is 864. The highest BCUT2D eigenvalue weighted by molar-refractivity contribution is 7.90. The summed E-state index contributed by atoms with van der Waals surface area (Å²) < 4.78 is 25.0. The van der Waals surface area contributed by atoms with Crippen molar-refractivity contribution in [3.63, 3.8) is 0 Å². The molecule has 0 radical (unpaired) electrons. The van der Waals surface area contributed by atoms with Crippen LogP contribution in [0.1, 0.15) is 41.6 Å². The SMILES string of the molecule is Cl.NC1CCC(NC(=O)c2cccc(CS(=O)(=O)c3ccccc3)c2)CC1. The fourth-order valence-electron chi connectivity index (χ4n) is 3.27. The van der Waals surface area contributed by atoms with Gasteiger partial charge in [0.1, 0.15) is 0 Å². The molecule has 3 rings (SSSR count). The second-order valence-electron chi connectivity index (χ2n) is 6.86. The van der Waals surface area contributed by atoms with Crippen molar-refractivity contribution < 1.29 is 13.2 Å². The Morgan fingerprint density at radius 1 is 1.00 bits per heavy atom. The van der Waals surface area contributed by atoms with Gasteiger partial charge in [0.15, 0.2) is 9.84 Å². The highest BCUT2D eigenvalue weighted by atomic mass is 35.5. The Kier molecular flexibility index (Phi) is 7.41. The minimum absolute atomic E-state index is 0. The lowest BCUT2D eigenvalue weighted by molar-refractivity contribution is 0.0925. The number of hydrogen-bond donors (Lipinski definition) is 2. The maximum atomic E-state index is 12.5. The molecule has 1 aliphatic carbocycles. The van der Waals surface area contributed by atoms with E-state index >= 15 is 0 Å². The highest BCUT2D eigenvalue weighted by Gasteiger charge is 2.21. The fourth-order valence-corrected chi connectivity index (χ4v) is 4.62. The average molecular weight is 409 g/mol. The van der Waals surface area contributed by atoms with Gasteiger partial charge in [-0.3, -0.25) is 4.79 Å². The predicted octanol–water partition coefficient (Wildman–Crippen LogP) is 3.08. The number of hydrogen-bond acceptors (Lipinski definition) is 4. The van der Waals surface area contributed by atoms with Gasteiger partial charge in [0.2, 0.25) is 0 Å². The average Bonchev–Trinajstić information content (AvgIpc) is 2.64. The third kappa shape index (κ3) is 5.79. The minimum atomic E-state index is -3.43. The van der Waals surface area contributed by atoms with Gasteiger partial charge in [-0.2, -0.15) is 0 Å². The van der Waals surface area contributed by atoms with E-state index in [1.54, 1.807) is 54.6 Å². The highest BCUT2D eigenvalue weighted by Crippen LogP contribution is 2.19. The van der Waals surface area contributed by atoms with Crippen molar-refractivity contribution in [1.29, 1.82) is 0 Å². The van der Waals surface area contributed by atoms with Crippen LogP contribution in [0.25, 0.3) is 0 Å². The molecule has 2 aromatic carbocycles. The molecule has 0 saturated heterocycles. The monoisotopic (exact) mass is 408 g/mol. The molecule has 7 heteroatoms. The largest absolute Gasteiger partial charge is 0.349 e. The summed E-state index contributed by atoms with van der Waals surface area (Å²) in [4.78, 5) is 12.8. The van der Waals surface area contributed by atoms with Crippen LogP contribution in [0.3, 0.4) is 0 Å². The van der Waals surface area contributed by atoms with Crippen LogP contribution in [0, 0.1) is 0 Å². The molecule has 1 aliphatic rings. The summed E-state index contributed by atoms with van der Waals surface area (Å²) >= 11 is 0. The van der Waals surface area contributed by atoms with Crippen LogP contribution in [0.4, 0.5) is 0 Å². The molecule has 27 heavy (non-hydrogen) atoms. The summed E-state index contributed by atoms with van der Waals surface area (Å²) in [6, 6.07) is 15.5. The first kappa shape index (κ1) is 21.4. The Labute approximate surface area is 166 Å². The molecule has 5 nitrogen and oxygen atoms in total. The van der Waals surface area contributed by atoms with Crippen molar-refractivity contribution in [3.8, 4) is 0 Å². The first-order chi connectivity index (χ1) is 12.4. The standard InChI is InChI=1S/C20H24N2O3S.ClH/c21-17-9-11-18(12-10-17)22-20(23)16-6-4-5-15(13-16)14-26(24,25)19-7-2-1-3-8-19;/h1-8,13,17-18H,9-12,14,21H2,(H,22,23);1H. The van der Waals surface area contributed by atoms with Crippen LogP contribution in [0.15, 0.2) is 59.5 Å². The maximum absolute atomic E-state index is 12.5. The van der Waals surface area contributed by atoms with Crippen LogP contribution in [-0.4, -0.2) is 26.4 Å². The van der Waals surface area contributed by atoms with Crippen LogP contribution in [0.5, 0.6) is 0 Å². The number of carbonyl (C=O) groups excluding carboxylic acids is 1. The number of rotatable bonds is 5. The molecule has 0 spiro atoms. The van der Waals surface area contributed by atoms with Crippen molar-refractivity contribution in [2.24, 2.45) is 5.73 Å². The maximum Gasteiger partial charge on any atom is 0.251 e. The zero-order valence-corrected chi connectivity index (χ0v) is 16.6. The summed E-state index contributed by atoms with van der Waals surface area (Å²) in [5.74, 6) is -0.291. The van der Waals surface area contributed by atoms with Crippen molar-refractivity contribution >= 4 is 28.2 Å². The van der Waals surface area contributed by atoms with E-state index in [1.807, 2.05) is 0 Å². The van der Waals surface area contributed by atoms with E-state index in [-0.39, 0.29) is 41.0 Å². The Balaban J connectivity index is 0.00000261. The zero-order chi connectivity index (χ0) is 18.6. The van der Waals surface area contributed by atoms with E-state index in [2.05, 4.69) is 5.32 Å². The summed E-state index contributed by atoms with van der Waals surface area (Å²) in [5, 5.41) is 3.03. The molecule has 0 heterocycles. The lowest BCUT2D eigenvalue weighted by Crippen LogP contribution is -2.40. The second-order valence-corrected chi connectivity index (χ2v) is 8.85. The molecule has 0 unspecified atom stereocenters. The zero-order valence-electron chi connectivity index (χ0n) is 15.0. The van der Waals surface area contributed by atoms with Gasteiger partial charge in [-0.15, -0.1) is 12.4 Å². The lowest BCUT2D eigenvalue weighted by atomic mass is 9.91. The van der Waals surface area contributed by atoms with Crippen molar-refractivity contribution in [2.75, 3.05) is 0 Å². The number of nitrogens with one attached hydrogen (secondary N) is 1. The third-order valence-corrected chi connectivity index (χ3v) is 6.46. The first-order valence-corrected chi connectivity index (χ1v) is 10.5. The van der Waals surface area contributed by atoms with E-state index in [1.165, 1.54) is 0 Å². The molecule has 2 aromatic rings. The van der Waals surface area contributed by atoms with Crippen molar-refractivity contribution in [1.82, 2.24) is 5.32 Å². The molecule has 0 aliphatic heterocycles. The van der Waals surface area contributed by atoms with Gasteiger partial charge >= 0.3 is 0 Å². The summed E-state index contributed by atoms with van der Waals surface area (Å²) in [7, 11) is -3.43. The second kappa shape index (κ2) is 9.35. The Hall–Kier alpha value is -1.89. The van der Waals surface area contributed by atoms with E-state index in [0.717, 1.165) is 25.7 Å². The number of nitrogens with two attached hydrogens (primary N) is 1. The molecule has 146 valence electrons. The lowest BCUT2D eigenvalue weighted by Gasteiger charge is -2.26. The van der Waals surface area contributed by atoms with E-state index in [4.69, 9.17) is 5.73 Å². The van der Waals surface area contributed by atoms with Crippen LogP contribution >= 0.6 is 12.4 Å². The molecule has 1 saturated carbocycles. The molecule has 1 amide bonds. The first-order valence-electron chi connectivity index (χ1n) is 8.87. The third-order valence-electron chi connectivity index (χ3n) is 4.76. The minimum Gasteiger partial charge on any atom is -0.349 e. The van der Waals surface area contributed by atoms with Gasteiger partial charge < -0.3 is 11.1 Å². The van der Waals surface area contributed by atoms with Crippen LogP contribution in [-0.2, 0) is 15.6 Å². The van der Waals surface area contributed by atoms with E-state index in [0.29, 0.717) is 11.1 Å². The molecule has 0 atom stereocenters. The van der Waals surface area contributed by atoms with Gasteiger partial charge in [0.05, 0.1) is 10.6 Å². The van der Waals surface area contributed by atoms with Gasteiger partial charge in [0, 0.05) is 17.6 Å². The molecule has 0 aromatic heterocycles. The number of benzene rings is 2. The van der Waals surface area contributed by atoms with Gasteiger partial charge in [-0.05, 0) is 55.5 Å². The Morgan fingerprint density at radius 2 is 1.67 bits per heavy atom. The number of sulfone groups is 1. The molecule has 3 N–H and O–H groups in total. The van der Waals surface area contributed by atoms with E-state index < -0.39 is 9.84 Å². The number of halogens is 1. The molecular weight excluding hydrogens is 384 g/mol. The normalized spacial score (nSPS) is 19.7. The summed E-state index contributed by atoms with van der Waals surface area (Å²) in [5.41, 5.74) is 6.99. The number of amides is 1. The van der Waals surface area contributed by atoms with Crippen LogP contribution in [0.2, 0.25) is 0 Å². The Morgan fingerprint density at radius 3 is 2.33 bits per heavy atom. The van der Waals surface area contributed by atoms with Crippen molar-refractivity contribution in [2.45, 2.75) is 48.4 Å². The van der Waals surface area contributed by atoms with Crippen molar-refractivity contribution in [3.05, 3.63) is 65.7 Å². The number of carbonyl (C=O) groups is 1. The molecule has 0 bridgehead atoms. The smallest absolute Gasteiger partial charge is 0.251 e. The quantitative estimate of drug-likeness (QED) is 0.795. The summed E-state index contributed by atoms with van der Waals surface area (Å²) in [6.07, 6.45) is 3.60. The molecule has 1 fully saturated rings. The van der Waals surface area contributed by atoms with Gasteiger partial charge in [-0.25, -0.2) is 8.42 Å².